The van der Waals surface area contributed by atoms with Crippen molar-refractivity contribution >= 4 is 81.8 Å². The molecular weight excluding hydrogens is 1510 g/mol. The number of rotatable bonds is 21. The van der Waals surface area contributed by atoms with Crippen LogP contribution < -0.4 is 52.6 Å². The number of amides is 12. The number of likely N-dealkylation sites (tertiary alicyclic amines) is 1. The van der Waals surface area contributed by atoms with Gasteiger partial charge in [0.2, 0.25) is 70.9 Å². The van der Waals surface area contributed by atoms with Crippen molar-refractivity contribution in [2.75, 3.05) is 59.6 Å². The highest BCUT2D eigenvalue weighted by molar-refractivity contribution is 5.98. The first-order chi connectivity index (χ1) is 55.6. The number of aliphatic hydroxyl groups excluding tert-OH is 5. The molecular formula is C82H108FN13O20. The number of ether oxygens (including phenoxy) is 3. The number of hydrogen-bond donors (Lipinski definition) is 14. The molecule has 628 valence electrons. The zero-order valence-electron chi connectivity index (χ0n) is 65.8. The molecule has 5 aliphatic heterocycles. The Morgan fingerprint density at radius 3 is 2.19 bits per heavy atom. The molecule has 12 amide bonds. The Bertz CT molecular complexity index is 4320. The molecule has 4 aromatic carbocycles. The fourth-order valence-corrected chi connectivity index (χ4v) is 15.4. The van der Waals surface area contributed by atoms with Gasteiger partial charge in [-0.2, -0.15) is 0 Å². The lowest BCUT2D eigenvalue weighted by Gasteiger charge is -2.40. The van der Waals surface area contributed by atoms with E-state index in [1.807, 2.05) is 41.0 Å². The minimum absolute atomic E-state index is 0.0294. The molecule has 6 unspecified atom stereocenters. The van der Waals surface area contributed by atoms with Gasteiger partial charge in [-0.25, -0.2) is 4.39 Å². The third-order valence-electron chi connectivity index (χ3n) is 21.8. The highest BCUT2D eigenvalue weighted by atomic mass is 19.1. The first-order valence-corrected chi connectivity index (χ1v) is 39.7. The highest BCUT2D eigenvalue weighted by Crippen LogP contribution is 2.32. The third kappa shape index (κ3) is 23.6. The number of nitrogens with one attached hydrogen (secondary N) is 9. The minimum Gasteiger partial charge on any atom is -0.497 e. The molecule has 33 nitrogen and oxygen atoms in total. The summed E-state index contributed by atoms with van der Waals surface area (Å²) in [5.74, 6) is -7.62. The average Bonchev–Trinajstić information content (AvgIpc) is 1.62. The fourth-order valence-electron chi connectivity index (χ4n) is 15.4. The van der Waals surface area contributed by atoms with Gasteiger partial charge in [-0.05, 0) is 129 Å². The summed E-state index contributed by atoms with van der Waals surface area (Å²) in [4.78, 5) is 175. The van der Waals surface area contributed by atoms with Gasteiger partial charge in [-0.1, -0.05) is 67.1 Å². The van der Waals surface area contributed by atoms with E-state index in [-0.39, 0.29) is 101 Å². The Morgan fingerprint density at radius 1 is 0.733 bits per heavy atom. The van der Waals surface area contributed by atoms with Crippen LogP contribution in [0.3, 0.4) is 0 Å². The number of hydrogen-bond acceptors (Lipinski definition) is 20. The molecule has 116 heavy (non-hydrogen) atoms. The van der Waals surface area contributed by atoms with Gasteiger partial charge in [-0.15, -0.1) is 0 Å². The number of benzene rings is 4. The third-order valence-corrected chi connectivity index (χ3v) is 21.8. The minimum atomic E-state index is -1.82. The van der Waals surface area contributed by atoms with Crippen molar-refractivity contribution in [1.29, 1.82) is 0 Å². The van der Waals surface area contributed by atoms with Gasteiger partial charge in [0, 0.05) is 128 Å². The zero-order valence-corrected chi connectivity index (χ0v) is 65.8. The lowest BCUT2D eigenvalue weighted by atomic mass is 9.95. The van der Waals surface area contributed by atoms with E-state index in [1.54, 1.807) is 72.5 Å². The van der Waals surface area contributed by atoms with E-state index in [9.17, 15) is 68.7 Å². The summed E-state index contributed by atoms with van der Waals surface area (Å²) in [5.41, 5.74) is 3.26. The van der Waals surface area contributed by atoms with Crippen molar-refractivity contribution in [2.45, 2.75) is 222 Å². The fraction of sp³-hybridized carbons (Fsp3) is 0.537. The van der Waals surface area contributed by atoms with E-state index in [0.717, 1.165) is 16.7 Å². The molecule has 8 bridgehead atoms. The van der Waals surface area contributed by atoms with Crippen LogP contribution in [0, 0.1) is 5.82 Å². The quantitative estimate of drug-likeness (QED) is 0.0441. The second kappa shape index (κ2) is 41.4. The maximum Gasteiger partial charge on any atom is 0.246 e. The summed E-state index contributed by atoms with van der Waals surface area (Å²) >= 11 is 0. The van der Waals surface area contributed by atoms with Crippen molar-refractivity contribution in [3.05, 3.63) is 136 Å². The second-order valence-corrected chi connectivity index (χ2v) is 30.7. The van der Waals surface area contributed by atoms with E-state index >= 15 is 18.8 Å². The maximum atomic E-state index is 15.7. The summed E-state index contributed by atoms with van der Waals surface area (Å²) in [5, 5.41) is 75.8. The summed E-state index contributed by atoms with van der Waals surface area (Å²) in [6.45, 7) is 3.62. The van der Waals surface area contributed by atoms with Gasteiger partial charge in [0.05, 0.1) is 25.9 Å². The standard InChI is InChI=1S/C82H108FN13O20/c1-48(98)41-87-77(110)71-64-29-35-95(71)79(111)61-39-55-45-93(63-25-22-56(83)40-58(55)63)32-8-9-33-94(44-52-18-16-50(17-19-52)28-31-84-81(113)82(3)30-11-34-96(82)80(112)60(88-49(2)99)37-51-20-23-57(114-4)24-21-51)70(104)15-7-5-6-14-67(101)89-62(43-86-66(100)26-27-68(102)92-78-74(107)73(106)72(105)65(46-97)116-78)76(109)90-59(75(108)91-61)38-53-12-10-13-54(36-53)42-85-69(103)47-115-64/h10,12-13,16-25,36,40,45,48,59-62,64-65,71-74,78,97-98,105-107H,5-9,11,14-15,26-35,37-39,41-44,46-47H2,1-4H3,(H,84,113)(H,85,103)(H,86,100)(H,87,110)(H,88,99)(H,89,101)(H,90,109)(H,91,108)(H,92,102)/t48-,59+,60+,61+,62-,64?,65?,71+,72?,73?,74?,78?,82+/m1/s1. The van der Waals surface area contributed by atoms with Crippen LogP contribution in [0.5, 0.6) is 5.75 Å². The molecule has 34 heteroatoms. The number of aliphatic hydroxyl groups is 5. The van der Waals surface area contributed by atoms with Gasteiger partial charge in [0.25, 0.3) is 0 Å². The number of aryl methyl sites for hydroxylation is 1. The Hall–Kier alpha value is -10.5. The van der Waals surface area contributed by atoms with Crippen molar-refractivity contribution in [2.24, 2.45) is 0 Å². The van der Waals surface area contributed by atoms with Crippen molar-refractivity contribution < 1.29 is 102 Å². The molecule has 3 fully saturated rings. The van der Waals surface area contributed by atoms with Gasteiger partial charge < -0.3 is 107 Å². The topological polar surface area (TPSA) is 457 Å². The van der Waals surface area contributed by atoms with Crippen molar-refractivity contribution in [3.63, 3.8) is 0 Å². The molecule has 0 saturated carbocycles. The molecule has 1 aromatic heterocycles. The maximum absolute atomic E-state index is 15.7. The Morgan fingerprint density at radius 2 is 1.45 bits per heavy atom. The predicted octanol–water partition coefficient (Wildman–Crippen LogP) is -0.486. The lowest BCUT2D eigenvalue weighted by Crippen LogP contribution is -2.63. The molecule has 5 aliphatic rings. The van der Waals surface area contributed by atoms with Crippen LogP contribution in [0.25, 0.3) is 10.9 Å². The molecule has 10 rings (SSSR count). The summed E-state index contributed by atoms with van der Waals surface area (Å²) in [6.07, 6.45) is -6.82. The van der Waals surface area contributed by atoms with E-state index < -0.39 is 164 Å². The van der Waals surface area contributed by atoms with Crippen molar-refractivity contribution in [1.82, 2.24) is 67.1 Å². The number of carbonyl (C=O) groups excluding carboxylic acids is 12. The SMILES string of the molecule is COc1ccc(C[C@H](NC(C)=O)C(=O)N2CCC[C@@]2(C)C(=O)NCCc2ccc(CN3CCCCn4cc(c5cc(F)ccc54)C[C@@H]4NC(=O)[C@H](Cc5cccc(c5)CNC(=O)COC5CCN(C4=O)[C@@H]5C(=O)NC[C@@H](C)O)NC(=O)[C@@H](CNC(=O)CCC(=O)NC4OC(CO)C(O)C(O)C4O)NC(=O)CCCCCC3=O)cc2)cc1. The molecule has 0 radical (unpaired) electrons. The predicted molar refractivity (Wildman–Crippen MR) is 417 cm³/mol. The normalized spacial score (nSPS) is 24.9. The van der Waals surface area contributed by atoms with Crippen LogP contribution >= 0.6 is 0 Å². The first-order valence-electron chi connectivity index (χ1n) is 39.7. The Labute approximate surface area is 671 Å². The largest absolute Gasteiger partial charge is 0.497 e. The number of fused-ring (bicyclic) bond motifs is 12. The summed E-state index contributed by atoms with van der Waals surface area (Å²) < 4.78 is 34.4. The molecule has 13 atom stereocenters. The molecule has 0 spiro atoms. The molecule has 5 aromatic rings. The molecule has 3 saturated heterocycles. The monoisotopic (exact) mass is 1610 g/mol. The molecule has 14 N–H and O–H groups in total. The van der Waals surface area contributed by atoms with E-state index in [4.69, 9.17) is 14.2 Å². The van der Waals surface area contributed by atoms with Crippen LogP contribution in [-0.4, -0.2) is 254 Å². The lowest BCUT2D eigenvalue weighted by molar-refractivity contribution is -0.236. The second-order valence-electron chi connectivity index (χ2n) is 30.7. The molecule has 6 heterocycles. The van der Waals surface area contributed by atoms with Gasteiger partial charge >= 0.3 is 0 Å². The van der Waals surface area contributed by atoms with Crippen LogP contribution in [-0.2, 0) is 112 Å². The number of aromatic nitrogens is 1. The van der Waals surface area contributed by atoms with Crippen molar-refractivity contribution in [3.8, 4) is 5.75 Å². The summed E-state index contributed by atoms with van der Waals surface area (Å²) in [6, 6.07) is 18.5. The van der Waals surface area contributed by atoms with Crippen LogP contribution in [0.2, 0.25) is 0 Å². The van der Waals surface area contributed by atoms with Gasteiger partial charge in [-0.3, -0.25) is 57.5 Å². The molecule has 0 aliphatic carbocycles. The first kappa shape index (κ1) is 87.9. The van der Waals surface area contributed by atoms with E-state index in [0.29, 0.717) is 97.9 Å². The Kier molecular flexibility index (Phi) is 31.3. The van der Waals surface area contributed by atoms with Crippen LogP contribution in [0.15, 0.2) is 97.2 Å². The Balaban J connectivity index is 0.897. The summed E-state index contributed by atoms with van der Waals surface area (Å²) in [7, 11) is 1.55. The zero-order chi connectivity index (χ0) is 83.3. The number of methoxy groups -OCH3 is 1. The van der Waals surface area contributed by atoms with Gasteiger partial charge in [0.1, 0.15) is 78.3 Å². The van der Waals surface area contributed by atoms with E-state index in [1.165, 1.54) is 30.9 Å². The van der Waals surface area contributed by atoms with Gasteiger partial charge in [0.15, 0.2) is 6.23 Å². The number of nitrogens with zero attached hydrogens (tertiary/aromatic N) is 4. The van der Waals surface area contributed by atoms with Crippen LogP contribution in [0.1, 0.15) is 131 Å². The van der Waals surface area contributed by atoms with Crippen LogP contribution in [0.4, 0.5) is 4.39 Å². The van der Waals surface area contributed by atoms with E-state index in [2.05, 4.69) is 47.9 Å². The highest BCUT2D eigenvalue weighted by Gasteiger charge is 2.49. The smallest absolute Gasteiger partial charge is 0.246 e. The average molecular weight is 1610 g/mol. The number of halogens is 1. The number of carbonyl (C=O) groups is 12.